The Bertz CT molecular complexity index is 1160. The Kier molecular flexibility index (Phi) is 6.73. The molecule has 8 nitrogen and oxygen atoms in total. The molecule has 8 heteroatoms. The van der Waals surface area contributed by atoms with E-state index in [0.717, 1.165) is 0 Å². The first-order chi connectivity index (χ1) is 15.5. The number of hydrogen-bond acceptors (Lipinski definition) is 7. The fraction of sp³-hybridized carbons (Fsp3) is 0.360. The molecule has 1 N–H and O–H groups in total. The summed E-state index contributed by atoms with van der Waals surface area (Å²) in [5.41, 5.74) is 1.83. The van der Waals surface area contributed by atoms with Gasteiger partial charge in [0.15, 0.2) is 12.4 Å². The number of phenolic OH excluding ortho intramolecular Hbond substituents is 1. The number of carbonyl (C=O) groups is 3. The average Bonchev–Trinajstić information content (AvgIpc) is 3.05. The van der Waals surface area contributed by atoms with Gasteiger partial charge in [-0.1, -0.05) is 20.8 Å². The summed E-state index contributed by atoms with van der Waals surface area (Å²) in [7, 11) is 0. The maximum atomic E-state index is 13.1. The van der Waals surface area contributed by atoms with E-state index < -0.39 is 17.2 Å². The number of aromatic hydroxyl groups is 1. The molecule has 0 spiro atoms. The van der Waals surface area contributed by atoms with Gasteiger partial charge in [0, 0.05) is 23.7 Å². The fourth-order valence-electron chi connectivity index (χ4n) is 3.67. The molecule has 0 bridgehead atoms. The van der Waals surface area contributed by atoms with Crippen molar-refractivity contribution in [2.24, 2.45) is 0 Å². The number of ketones is 1. The summed E-state index contributed by atoms with van der Waals surface area (Å²) < 4.78 is 10.4. The summed E-state index contributed by atoms with van der Waals surface area (Å²) in [4.78, 5) is 38.8. The van der Waals surface area contributed by atoms with Crippen molar-refractivity contribution in [3.63, 3.8) is 0 Å². The van der Waals surface area contributed by atoms with E-state index in [1.165, 1.54) is 11.0 Å². The molecule has 172 valence electrons. The zero-order valence-corrected chi connectivity index (χ0v) is 19.1. The maximum Gasteiger partial charge on any atom is 0.344 e. The van der Waals surface area contributed by atoms with Crippen LogP contribution in [-0.2, 0) is 21.5 Å². The molecule has 1 aliphatic heterocycles. The van der Waals surface area contributed by atoms with Crippen LogP contribution in [0, 0.1) is 11.3 Å². The van der Waals surface area contributed by atoms with Crippen LogP contribution in [0.15, 0.2) is 30.3 Å². The van der Waals surface area contributed by atoms with Crippen LogP contribution in [0.25, 0.3) is 0 Å². The smallest absolute Gasteiger partial charge is 0.344 e. The Labute approximate surface area is 192 Å². The van der Waals surface area contributed by atoms with Crippen LogP contribution in [0.5, 0.6) is 11.5 Å². The molecular formula is C25H26N2O6. The fourth-order valence-corrected chi connectivity index (χ4v) is 3.67. The van der Waals surface area contributed by atoms with Crippen molar-refractivity contribution in [3.8, 4) is 17.6 Å². The van der Waals surface area contributed by atoms with E-state index in [4.69, 9.17) is 14.7 Å². The highest BCUT2D eigenvalue weighted by atomic mass is 16.6. The number of hydrogen-bond donors (Lipinski definition) is 1. The molecule has 2 aromatic rings. The normalized spacial score (nSPS) is 12.8. The van der Waals surface area contributed by atoms with Crippen molar-refractivity contribution >= 4 is 17.7 Å². The number of benzene rings is 2. The van der Waals surface area contributed by atoms with Crippen LogP contribution < -0.4 is 4.74 Å². The predicted octanol–water partition coefficient (Wildman–Crippen LogP) is 3.34. The Hall–Kier alpha value is -3.86. The molecule has 1 heterocycles. The van der Waals surface area contributed by atoms with E-state index >= 15 is 0 Å². The van der Waals surface area contributed by atoms with E-state index in [9.17, 15) is 19.5 Å². The van der Waals surface area contributed by atoms with E-state index in [1.54, 1.807) is 31.2 Å². The lowest BCUT2D eigenvalue weighted by Gasteiger charge is -2.24. The highest BCUT2D eigenvalue weighted by molar-refractivity contribution is 6.05. The molecule has 1 amide bonds. The molecule has 0 radical (unpaired) electrons. The third kappa shape index (κ3) is 5.14. The molecule has 0 saturated heterocycles. The number of Topliss-reactive ketones (excluding diaryl/α,β-unsaturated/α-hetero) is 1. The van der Waals surface area contributed by atoms with Crippen molar-refractivity contribution in [1.82, 2.24) is 4.90 Å². The molecule has 0 unspecified atom stereocenters. The Balaban J connectivity index is 1.84. The standard InChI is InChI=1S/C25H26N2O6/c1-5-32-23(30)14-33-22-10-20(28)18(9-19(22)25(2,3)4)21(29)13-27-12-16-8-15(11-26)6-7-17(16)24(27)31/h6-10,28H,5,12-14H2,1-4H3. The van der Waals surface area contributed by atoms with E-state index in [2.05, 4.69) is 0 Å². The Morgan fingerprint density at radius 2 is 1.94 bits per heavy atom. The zero-order chi connectivity index (χ0) is 24.3. The van der Waals surface area contributed by atoms with Gasteiger partial charge in [0.1, 0.15) is 11.5 Å². The first-order valence-electron chi connectivity index (χ1n) is 10.6. The minimum Gasteiger partial charge on any atom is -0.507 e. The minimum absolute atomic E-state index is 0.0601. The topological polar surface area (TPSA) is 117 Å². The number of phenols is 1. The number of nitrogens with zero attached hydrogens (tertiary/aromatic N) is 2. The molecule has 1 aliphatic rings. The molecule has 33 heavy (non-hydrogen) atoms. The van der Waals surface area contributed by atoms with E-state index in [1.807, 2.05) is 26.8 Å². The zero-order valence-electron chi connectivity index (χ0n) is 19.1. The van der Waals surface area contributed by atoms with Crippen molar-refractivity contribution in [2.45, 2.75) is 39.7 Å². The molecule has 0 saturated carbocycles. The van der Waals surface area contributed by atoms with Gasteiger partial charge in [-0.2, -0.15) is 5.26 Å². The monoisotopic (exact) mass is 450 g/mol. The second-order valence-electron chi connectivity index (χ2n) is 8.78. The quantitative estimate of drug-likeness (QED) is 0.508. The molecular weight excluding hydrogens is 424 g/mol. The lowest BCUT2D eigenvalue weighted by atomic mass is 9.84. The van der Waals surface area contributed by atoms with Gasteiger partial charge in [-0.15, -0.1) is 0 Å². The predicted molar refractivity (Wildman–Crippen MR) is 119 cm³/mol. The van der Waals surface area contributed by atoms with Crippen molar-refractivity contribution in [2.75, 3.05) is 19.8 Å². The van der Waals surface area contributed by atoms with Gasteiger partial charge < -0.3 is 19.5 Å². The van der Waals surface area contributed by atoms with Crippen molar-refractivity contribution in [3.05, 3.63) is 58.1 Å². The minimum atomic E-state index is -0.538. The van der Waals surface area contributed by atoms with E-state index in [-0.39, 0.29) is 49.3 Å². The summed E-state index contributed by atoms with van der Waals surface area (Å²) in [6, 6.07) is 9.69. The molecule has 2 aromatic carbocycles. The number of rotatable bonds is 7. The number of carbonyl (C=O) groups excluding carboxylic acids is 3. The lowest BCUT2D eigenvalue weighted by Crippen LogP contribution is -2.30. The van der Waals surface area contributed by atoms with Gasteiger partial charge in [-0.25, -0.2) is 4.79 Å². The Morgan fingerprint density at radius 3 is 2.58 bits per heavy atom. The molecule has 0 atom stereocenters. The average molecular weight is 450 g/mol. The lowest BCUT2D eigenvalue weighted by molar-refractivity contribution is -0.145. The van der Waals surface area contributed by atoms with Gasteiger partial charge >= 0.3 is 5.97 Å². The first-order valence-corrected chi connectivity index (χ1v) is 10.6. The number of fused-ring (bicyclic) bond motifs is 1. The van der Waals surface area contributed by atoms with Gasteiger partial charge in [-0.3, -0.25) is 9.59 Å². The van der Waals surface area contributed by atoms with Gasteiger partial charge in [-0.05, 0) is 42.2 Å². The number of ether oxygens (including phenoxy) is 2. The summed E-state index contributed by atoms with van der Waals surface area (Å²) in [5, 5.41) is 19.6. The summed E-state index contributed by atoms with van der Waals surface area (Å²) in [6.07, 6.45) is 0. The largest absolute Gasteiger partial charge is 0.507 e. The number of esters is 1. The van der Waals surface area contributed by atoms with Crippen molar-refractivity contribution < 1.29 is 29.0 Å². The third-order valence-electron chi connectivity index (χ3n) is 5.30. The van der Waals surface area contributed by atoms with Crippen molar-refractivity contribution in [1.29, 1.82) is 5.26 Å². The SMILES string of the molecule is CCOC(=O)COc1cc(O)c(C(=O)CN2Cc3cc(C#N)ccc3C2=O)cc1C(C)(C)C. The highest BCUT2D eigenvalue weighted by Crippen LogP contribution is 2.37. The summed E-state index contributed by atoms with van der Waals surface area (Å²) in [5.74, 6) is -1.30. The Morgan fingerprint density at radius 1 is 1.21 bits per heavy atom. The maximum absolute atomic E-state index is 13.1. The summed E-state index contributed by atoms with van der Waals surface area (Å²) in [6.45, 7) is 7.32. The molecule has 3 rings (SSSR count). The van der Waals surface area contributed by atoms with Crippen LogP contribution in [-0.4, -0.2) is 47.4 Å². The number of amides is 1. The highest BCUT2D eigenvalue weighted by Gasteiger charge is 2.31. The third-order valence-corrected chi connectivity index (χ3v) is 5.30. The molecule has 0 fully saturated rings. The van der Waals surface area contributed by atoms with Crippen LogP contribution in [0.2, 0.25) is 0 Å². The van der Waals surface area contributed by atoms with E-state index in [0.29, 0.717) is 22.3 Å². The van der Waals surface area contributed by atoms with Gasteiger partial charge in [0.05, 0.1) is 30.3 Å². The second-order valence-corrected chi connectivity index (χ2v) is 8.78. The van der Waals surface area contributed by atoms with Crippen LogP contribution in [0.4, 0.5) is 0 Å². The first kappa shape index (κ1) is 23.8. The second kappa shape index (κ2) is 9.33. The summed E-state index contributed by atoms with van der Waals surface area (Å²) >= 11 is 0. The van der Waals surface area contributed by atoms with Gasteiger partial charge in [0.2, 0.25) is 0 Å². The van der Waals surface area contributed by atoms with Crippen LogP contribution in [0.3, 0.4) is 0 Å². The van der Waals surface area contributed by atoms with Crippen LogP contribution in [0.1, 0.15) is 65.1 Å². The van der Waals surface area contributed by atoms with Crippen LogP contribution >= 0.6 is 0 Å². The molecule has 0 aromatic heterocycles. The molecule has 0 aliphatic carbocycles. The van der Waals surface area contributed by atoms with Gasteiger partial charge in [0.25, 0.3) is 5.91 Å². The number of nitriles is 1.